The van der Waals surface area contributed by atoms with Crippen LogP contribution < -0.4 is 5.32 Å². The normalized spacial score (nSPS) is 26.9. The smallest absolute Gasteiger partial charge is 0.149 e. The lowest BCUT2D eigenvalue weighted by molar-refractivity contribution is 0.177. The van der Waals surface area contributed by atoms with Crippen molar-refractivity contribution in [3.63, 3.8) is 0 Å². The fourth-order valence-corrected chi connectivity index (χ4v) is 2.97. The van der Waals surface area contributed by atoms with Crippen LogP contribution in [0, 0.1) is 23.0 Å². The van der Waals surface area contributed by atoms with Gasteiger partial charge in [-0.25, -0.2) is 8.78 Å². The van der Waals surface area contributed by atoms with Crippen LogP contribution in [-0.2, 0) is 0 Å². The van der Waals surface area contributed by atoms with Crippen LogP contribution in [0.25, 0.3) is 0 Å². The predicted molar refractivity (Wildman–Crippen MR) is 70.6 cm³/mol. The van der Waals surface area contributed by atoms with E-state index in [2.05, 4.69) is 26.1 Å². The maximum absolute atomic E-state index is 13.6. The van der Waals surface area contributed by atoms with Crippen LogP contribution in [0.5, 0.6) is 0 Å². The molecule has 0 heterocycles. The summed E-state index contributed by atoms with van der Waals surface area (Å²) in [7, 11) is 0. The van der Waals surface area contributed by atoms with Crippen molar-refractivity contribution in [2.75, 3.05) is 5.32 Å². The van der Waals surface area contributed by atoms with E-state index < -0.39 is 11.6 Å². The summed E-state index contributed by atoms with van der Waals surface area (Å²) in [6, 6.07) is 3.98. The molecule has 3 heteroatoms. The Labute approximate surface area is 108 Å². The molecular formula is C15H21F2N. The molecule has 0 saturated heterocycles. The average Bonchev–Trinajstić information content (AvgIpc) is 2.24. The SMILES string of the molecule is CC1CC(C)(C)CCC1Nc1ccc(F)cc1F. The molecule has 1 nitrogen and oxygen atoms in total. The highest BCUT2D eigenvalue weighted by Gasteiger charge is 2.32. The number of hydrogen-bond donors (Lipinski definition) is 1. The predicted octanol–water partition coefficient (Wildman–Crippen LogP) is 4.59. The first-order valence-electron chi connectivity index (χ1n) is 6.59. The van der Waals surface area contributed by atoms with E-state index in [1.807, 2.05) is 0 Å². The standard InChI is InChI=1S/C15H21F2N/c1-10-9-15(2,3)7-6-13(10)18-14-5-4-11(16)8-12(14)17/h4-5,8,10,13,18H,6-7,9H2,1-3H3. The van der Waals surface area contributed by atoms with Gasteiger partial charge in [-0.3, -0.25) is 0 Å². The van der Waals surface area contributed by atoms with Crippen molar-refractivity contribution in [3.8, 4) is 0 Å². The van der Waals surface area contributed by atoms with E-state index in [-0.39, 0.29) is 6.04 Å². The van der Waals surface area contributed by atoms with Gasteiger partial charge in [0.1, 0.15) is 11.6 Å². The van der Waals surface area contributed by atoms with Crippen molar-refractivity contribution < 1.29 is 8.78 Å². The second kappa shape index (κ2) is 4.87. The van der Waals surface area contributed by atoms with Gasteiger partial charge >= 0.3 is 0 Å². The monoisotopic (exact) mass is 253 g/mol. The van der Waals surface area contributed by atoms with Crippen LogP contribution in [0.4, 0.5) is 14.5 Å². The zero-order valence-corrected chi connectivity index (χ0v) is 11.3. The number of halogens is 2. The second-order valence-corrected chi connectivity index (χ2v) is 6.26. The average molecular weight is 253 g/mol. The Bertz CT molecular complexity index is 429. The number of rotatable bonds is 2. The fourth-order valence-electron chi connectivity index (χ4n) is 2.97. The number of benzene rings is 1. The zero-order valence-electron chi connectivity index (χ0n) is 11.3. The van der Waals surface area contributed by atoms with Gasteiger partial charge in [0.05, 0.1) is 5.69 Å². The van der Waals surface area contributed by atoms with Crippen LogP contribution in [0.15, 0.2) is 18.2 Å². The van der Waals surface area contributed by atoms with Crippen LogP contribution >= 0.6 is 0 Å². The second-order valence-electron chi connectivity index (χ2n) is 6.26. The molecule has 100 valence electrons. The lowest BCUT2D eigenvalue weighted by atomic mass is 9.70. The highest BCUT2D eigenvalue weighted by molar-refractivity contribution is 5.45. The highest BCUT2D eigenvalue weighted by atomic mass is 19.1. The molecule has 0 aromatic heterocycles. The topological polar surface area (TPSA) is 12.0 Å². The largest absolute Gasteiger partial charge is 0.380 e. The number of nitrogens with one attached hydrogen (secondary N) is 1. The van der Waals surface area contributed by atoms with Gasteiger partial charge in [-0.15, -0.1) is 0 Å². The fraction of sp³-hybridized carbons (Fsp3) is 0.600. The van der Waals surface area contributed by atoms with Gasteiger partial charge in [0.15, 0.2) is 0 Å². The quantitative estimate of drug-likeness (QED) is 0.812. The van der Waals surface area contributed by atoms with Crippen molar-refractivity contribution >= 4 is 5.69 Å². The summed E-state index contributed by atoms with van der Waals surface area (Å²) in [5.41, 5.74) is 0.784. The minimum absolute atomic E-state index is 0.276. The van der Waals surface area contributed by atoms with Crippen molar-refractivity contribution in [1.82, 2.24) is 0 Å². The van der Waals surface area contributed by atoms with Crippen molar-refractivity contribution in [2.45, 2.75) is 46.1 Å². The molecule has 1 aromatic carbocycles. The van der Waals surface area contributed by atoms with Crippen LogP contribution in [0.1, 0.15) is 40.0 Å². The zero-order chi connectivity index (χ0) is 13.3. The summed E-state index contributed by atoms with van der Waals surface area (Å²) >= 11 is 0. The first-order chi connectivity index (χ1) is 8.37. The Hall–Kier alpha value is -1.12. The molecule has 2 atom stereocenters. The summed E-state index contributed by atoms with van der Waals surface area (Å²) < 4.78 is 26.4. The molecule has 1 fully saturated rings. The molecule has 1 N–H and O–H groups in total. The van der Waals surface area contributed by atoms with Crippen molar-refractivity contribution in [1.29, 1.82) is 0 Å². The first-order valence-corrected chi connectivity index (χ1v) is 6.59. The van der Waals surface area contributed by atoms with E-state index in [0.29, 0.717) is 17.0 Å². The van der Waals surface area contributed by atoms with Gasteiger partial charge < -0.3 is 5.32 Å². The summed E-state index contributed by atoms with van der Waals surface area (Å²) in [5, 5.41) is 3.22. The molecular weight excluding hydrogens is 232 g/mol. The summed E-state index contributed by atoms with van der Waals surface area (Å²) in [5.74, 6) is -0.541. The molecule has 18 heavy (non-hydrogen) atoms. The maximum atomic E-state index is 13.6. The van der Waals surface area contributed by atoms with Gasteiger partial charge in [-0.1, -0.05) is 20.8 Å². The third-order valence-corrected chi connectivity index (χ3v) is 3.97. The molecule has 1 saturated carbocycles. The minimum atomic E-state index is -0.532. The Morgan fingerprint density at radius 2 is 2.00 bits per heavy atom. The summed E-state index contributed by atoms with van der Waals surface area (Å²) in [4.78, 5) is 0. The minimum Gasteiger partial charge on any atom is -0.380 e. The highest BCUT2D eigenvalue weighted by Crippen LogP contribution is 2.39. The Balaban J connectivity index is 2.06. The van der Waals surface area contributed by atoms with Crippen molar-refractivity contribution in [2.24, 2.45) is 11.3 Å². The Kier molecular flexibility index (Phi) is 3.60. The van der Waals surface area contributed by atoms with Crippen molar-refractivity contribution in [3.05, 3.63) is 29.8 Å². The summed E-state index contributed by atoms with van der Waals surface area (Å²) in [6.45, 7) is 6.75. The van der Waals surface area contributed by atoms with Crippen LogP contribution in [0.2, 0.25) is 0 Å². The van der Waals surface area contributed by atoms with Gasteiger partial charge in [-0.05, 0) is 42.7 Å². The number of anilines is 1. The van der Waals surface area contributed by atoms with E-state index >= 15 is 0 Å². The van der Waals surface area contributed by atoms with Crippen LogP contribution in [0.3, 0.4) is 0 Å². The summed E-state index contributed by atoms with van der Waals surface area (Å²) in [6.07, 6.45) is 3.30. The van der Waals surface area contributed by atoms with E-state index in [1.165, 1.54) is 12.1 Å². The maximum Gasteiger partial charge on any atom is 0.149 e. The van der Waals surface area contributed by atoms with Crippen LogP contribution in [-0.4, -0.2) is 6.04 Å². The molecule has 2 rings (SSSR count). The molecule has 0 spiro atoms. The van der Waals surface area contributed by atoms with Gasteiger partial charge in [-0.2, -0.15) is 0 Å². The molecule has 0 amide bonds. The van der Waals surface area contributed by atoms with Gasteiger partial charge in [0.2, 0.25) is 0 Å². The Morgan fingerprint density at radius 1 is 1.28 bits per heavy atom. The van der Waals surface area contributed by atoms with E-state index in [4.69, 9.17) is 0 Å². The third-order valence-electron chi connectivity index (χ3n) is 3.97. The first kappa shape index (κ1) is 13.3. The van der Waals surface area contributed by atoms with Gasteiger partial charge in [0.25, 0.3) is 0 Å². The number of hydrogen-bond acceptors (Lipinski definition) is 1. The molecule has 0 bridgehead atoms. The van der Waals surface area contributed by atoms with E-state index in [0.717, 1.165) is 25.3 Å². The molecule has 1 aliphatic carbocycles. The molecule has 0 radical (unpaired) electrons. The van der Waals surface area contributed by atoms with E-state index in [9.17, 15) is 8.78 Å². The molecule has 1 aliphatic rings. The molecule has 2 unspecified atom stereocenters. The third kappa shape index (κ3) is 3.01. The Morgan fingerprint density at radius 3 is 2.61 bits per heavy atom. The lowest BCUT2D eigenvalue weighted by Crippen LogP contribution is -2.37. The molecule has 1 aromatic rings. The lowest BCUT2D eigenvalue weighted by Gasteiger charge is -2.40. The van der Waals surface area contributed by atoms with E-state index in [1.54, 1.807) is 0 Å². The molecule has 0 aliphatic heterocycles. The van der Waals surface area contributed by atoms with Gasteiger partial charge in [0, 0.05) is 12.1 Å².